The Hall–Kier alpha value is -1.84. The first-order chi connectivity index (χ1) is 10.8. The van der Waals surface area contributed by atoms with Crippen molar-refractivity contribution in [2.75, 3.05) is 11.8 Å². The largest absolute Gasteiger partial charge is 0.494 e. The molecule has 0 spiro atoms. The average Bonchev–Trinajstić information content (AvgIpc) is 2.98. The van der Waals surface area contributed by atoms with Gasteiger partial charge in [0.05, 0.1) is 17.5 Å². The maximum Gasteiger partial charge on any atom is 0.268 e. The number of hydrogen-bond donors (Lipinski definition) is 1. The minimum atomic E-state index is -3.88. The second-order valence-corrected chi connectivity index (χ2v) is 7.77. The summed E-state index contributed by atoms with van der Waals surface area (Å²) >= 11 is 7.25. The molecular weight excluding hydrogens is 360 g/mol. The van der Waals surface area contributed by atoms with Gasteiger partial charge in [-0.15, -0.1) is 0 Å². The molecule has 0 fully saturated rings. The van der Waals surface area contributed by atoms with Crippen LogP contribution in [-0.4, -0.2) is 30.3 Å². The van der Waals surface area contributed by atoms with E-state index < -0.39 is 10.0 Å². The summed E-state index contributed by atoms with van der Waals surface area (Å²) in [4.78, 5) is 4.25. The molecule has 0 saturated heterocycles. The van der Waals surface area contributed by atoms with Crippen LogP contribution in [0.1, 0.15) is 5.69 Å². The van der Waals surface area contributed by atoms with Crippen LogP contribution in [0.5, 0.6) is 5.75 Å². The van der Waals surface area contributed by atoms with Gasteiger partial charge >= 0.3 is 0 Å². The number of nitrogens with zero attached hydrogens (tertiary/aromatic N) is 3. The van der Waals surface area contributed by atoms with Gasteiger partial charge in [0.15, 0.2) is 5.13 Å². The number of thiazole rings is 1. The van der Waals surface area contributed by atoms with Gasteiger partial charge in [-0.3, -0.25) is 9.40 Å². The molecule has 0 atom stereocenters. The number of hydrogen-bond acceptors (Lipinski definition) is 6. The average molecular weight is 373 g/mol. The Morgan fingerprint density at radius 1 is 1.39 bits per heavy atom. The molecule has 1 N–H and O–H groups in total. The van der Waals surface area contributed by atoms with Gasteiger partial charge in [-0.2, -0.15) is 5.10 Å². The number of anilines is 1. The zero-order valence-corrected chi connectivity index (χ0v) is 14.9. The number of ether oxygens (including phenoxy) is 1. The highest BCUT2D eigenvalue weighted by Gasteiger charge is 2.26. The quantitative estimate of drug-likeness (QED) is 0.761. The maximum atomic E-state index is 12.6. The molecule has 2 aromatic heterocycles. The van der Waals surface area contributed by atoms with Crippen LogP contribution in [0.15, 0.2) is 23.1 Å². The van der Waals surface area contributed by atoms with E-state index in [2.05, 4.69) is 14.8 Å². The van der Waals surface area contributed by atoms with Gasteiger partial charge in [-0.05, 0) is 19.1 Å². The summed E-state index contributed by atoms with van der Waals surface area (Å²) in [5, 5.41) is 4.31. The van der Waals surface area contributed by atoms with Gasteiger partial charge in [0.25, 0.3) is 10.0 Å². The summed E-state index contributed by atoms with van der Waals surface area (Å²) in [7, 11) is -0.761. The van der Waals surface area contributed by atoms with Crippen LogP contribution in [0, 0.1) is 6.92 Å². The lowest BCUT2D eigenvalue weighted by Gasteiger charge is -2.04. The van der Waals surface area contributed by atoms with E-state index in [1.54, 1.807) is 20.0 Å². The SMILES string of the molecule is COc1cccc2sc(NS(=O)(=O)c3c(C)nn(C)c3Cl)nc12. The Bertz CT molecular complexity index is 994. The first-order valence-corrected chi connectivity index (χ1v) is 9.16. The van der Waals surface area contributed by atoms with Crippen LogP contribution in [-0.2, 0) is 17.1 Å². The smallest absolute Gasteiger partial charge is 0.268 e. The highest BCUT2D eigenvalue weighted by atomic mass is 35.5. The van der Waals surface area contributed by atoms with E-state index in [1.807, 2.05) is 12.1 Å². The number of fused-ring (bicyclic) bond motifs is 1. The number of sulfonamides is 1. The molecule has 122 valence electrons. The summed E-state index contributed by atoms with van der Waals surface area (Å²) in [6.45, 7) is 1.59. The number of halogens is 1. The Balaban J connectivity index is 2.04. The van der Waals surface area contributed by atoms with Gasteiger partial charge < -0.3 is 4.74 Å². The van der Waals surface area contributed by atoms with Gasteiger partial charge in [-0.25, -0.2) is 13.4 Å². The monoisotopic (exact) mass is 372 g/mol. The first-order valence-electron chi connectivity index (χ1n) is 6.49. The standard InChI is InChI=1S/C13H13ClN4O3S2/c1-7-11(12(14)18(2)16-7)23(19,20)17-13-15-10-8(21-3)5-4-6-9(10)22-13/h4-6H,1-3H3,(H,15,17). The third-order valence-corrected chi connectivity index (χ3v) is 6.29. The molecular formula is C13H13ClN4O3S2. The molecule has 3 aromatic rings. The number of methoxy groups -OCH3 is 1. The first kappa shape index (κ1) is 16.0. The van der Waals surface area contributed by atoms with Crippen LogP contribution >= 0.6 is 22.9 Å². The molecule has 0 aliphatic rings. The number of benzene rings is 1. The van der Waals surface area contributed by atoms with Gasteiger partial charge in [0.2, 0.25) is 0 Å². The molecule has 0 saturated carbocycles. The van der Waals surface area contributed by atoms with Crippen molar-refractivity contribution < 1.29 is 13.2 Å². The van der Waals surface area contributed by atoms with E-state index in [-0.39, 0.29) is 15.2 Å². The minimum Gasteiger partial charge on any atom is -0.494 e. The van der Waals surface area contributed by atoms with Crippen molar-refractivity contribution in [1.82, 2.24) is 14.8 Å². The Kier molecular flexibility index (Phi) is 3.95. The maximum absolute atomic E-state index is 12.6. The zero-order chi connectivity index (χ0) is 16.8. The van der Waals surface area contributed by atoms with Crippen molar-refractivity contribution in [3.8, 4) is 5.75 Å². The van der Waals surface area contributed by atoms with E-state index in [4.69, 9.17) is 16.3 Å². The third-order valence-electron chi connectivity index (χ3n) is 3.19. The number of para-hydroxylation sites is 1. The lowest BCUT2D eigenvalue weighted by Crippen LogP contribution is -2.13. The van der Waals surface area contributed by atoms with Gasteiger partial charge in [0.1, 0.15) is 21.3 Å². The molecule has 0 aliphatic carbocycles. The number of rotatable bonds is 4. The molecule has 0 aliphatic heterocycles. The van der Waals surface area contributed by atoms with Gasteiger partial charge in [0, 0.05) is 7.05 Å². The second kappa shape index (κ2) is 5.66. The summed E-state index contributed by atoms with van der Waals surface area (Å²) in [5.74, 6) is 0.583. The predicted octanol–water partition coefficient (Wildman–Crippen LogP) is 2.80. The topological polar surface area (TPSA) is 86.1 Å². The summed E-state index contributed by atoms with van der Waals surface area (Å²) in [6, 6.07) is 5.43. The van der Waals surface area contributed by atoms with Crippen LogP contribution in [0.25, 0.3) is 10.2 Å². The second-order valence-electron chi connectivity index (χ2n) is 4.76. The molecule has 23 heavy (non-hydrogen) atoms. The number of aryl methyl sites for hydroxylation is 2. The summed E-state index contributed by atoms with van der Waals surface area (Å²) in [6.07, 6.45) is 0. The highest BCUT2D eigenvalue weighted by Crippen LogP contribution is 2.34. The van der Waals surface area contributed by atoms with E-state index in [0.29, 0.717) is 17.0 Å². The normalized spacial score (nSPS) is 11.8. The van der Waals surface area contributed by atoms with Crippen molar-refractivity contribution in [3.05, 3.63) is 29.0 Å². The van der Waals surface area contributed by atoms with Crippen molar-refractivity contribution in [2.24, 2.45) is 7.05 Å². The molecule has 7 nitrogen and oxygen atoms in total. The molecule has 0 radical (unpaired) electrons. The van der Waals surface area contributed by atoms with Crippen molar-refractivity contribution in [1.29, 1.82) is 0 Å². The fraction of sp³-hybridized carbons (Fsp3) is 0.231. The Morgan fingerprint density at radius 2 is 2.13 bits per heavy atom. The Labute approximate surface area is 141 Å². The summed E-state index contributed by atoms with van der Waals surface area (Å²) < 4.78 is 35.0. The van der Waals surface area contributed by atoms with Gasteiger partial charge in [-0.1, -0.05) is 29.0 Å². The molecule has 2 heterocycles. The number of aromatic nitrogens is 3. The predicted molar refractivity (Wildman–Crippen MR) is 89.9 cm³/mol. The zero-order valence-electron chi connectivity index (χ0n) is 12.5. The lowest BCUT2D eigenvalue weighted by atomic mass is 10.3. The van der Waals surface area contributed by atoms with Crippen LogP contribution in [0.4, 0.5) is 5.13 Å². The van der Waals surface area contributed by atoms with Crippen LogP contribution in [0.2, 0.25) is 5.15 Å². The third kappa shape index (κ3) is 2.75. The Morgan fingerprint density at radius 3 is 2.74 bits per heavy atom. The molecule has 0 unspecified atom stereocenters. The molecule has 1 aromatic carbocycles. The molecule has 0 bridgehead atoms. The highest BCUT2D eigenvalue weighted by molar-refractivity contribution is 7.93. The van der Waals surface area contributed by atoms with E-state index in [9.17, 15) is 8.42 Å². The van der Waals surface area contributed by atoms with E-state index in [0.717, 1.165) is 4.70 Å². The molecule has 0 amide bonds. The summed E-state index contributed by atoms with van der Waals surface area (Å²) in [5.41, 5.74) is 0.926. The molecule has 3 rings (SSSR count). The van der Waals surface area contributed by atoms with E-state index >= 15 is 0 Å². The van der Waals surface area contributed by atoms with Crippen molar-refractivity contribution in [2.45, 2.75) is 11.8 Å². The fourth-order valence-electron chi connectivity index (χ4n) is 2.21. The fourth-order valence-corrected chi connectivity index (χ4v) is 5.08. The van der Waals surface area contributed by atoms with Crippen molar-refractivity contribution >= 4 is 48.3 Å². The van der Waals surface area contributed by atoms with Crippen LogP contribution in [0.3, 0.4) is 0 Å². The van der Waals surface area contributed by atoms with Crippen molar-refractivity contribution in [3.63, 3.8) is 0 Å². The molecule has 10 heteroatoms. The minimum absolute atomic E-state index is 0.0483. The van der Waals surface area contributed by atoms with Crippen LogP contribution < -0.4 is 9.46 Å². The number of nitrogens with one attached hydrogen (secondary N) is 1. The van der Waals surface area contributed by atoms with E-state index in [1.165, 1.54) is 23.1 Å². The lowest BCUT2D eigenvalue weighted by molar-refractivity contribution is 0.419.